The van der Waals surface area contributed by atoms with Gasteiger partial charge in [0, 0.05) is 11.6 Å². The minimum atomic E-state index is -1.02. The molecular weight excluding hydrogens is 184 g/mol. The Bertz CT molecular complexity index is 297. The number of rotatable bonds is 2. The fraction of sp³-hybridized carbons (Fsp3) is 0.400. The molecule has 0 aliphatic heterocycles. The van der Waals surface area contributed by atoms with Crippen molar-refractivity contribution in [3.63, 3.8) is 0 Å². The summed E-state index contributed by atoms with van der Waals surface area (Å²) in [6.07, 6.45) is 0. The first-order chi connectivity index (χ1) is 6.02. The van der Waals surface area contributed by atoms with Gasteiger partial charge in [0.1, 0.15) is 11.0 Å². The van der Waals surface area contributed by atoms with Gasteiger partial charge >= 0.3 is 0 Å². The van der Waals surface area contributed by atoms with E-state index in [1.807, 2.05) is 20.8 Å². The Labute approximate surface area is 81.8 Å². The third-order valence-electron chi connectivity index (χ3n) is 1.82. The van der Waals surface area contributed by atoms with Crippen LogP contribution in [0.2, 0.25) is 0 Å². The molecule has 3 heteroatoms. The second-order valence-corrected chi connectivity index (χ2v) is 5.27. The molecule has 0 saturated heterocycles. The predicted molar refractivity (Wildman–Crippen MR) is 54.4 cm³/mol. The molecule has 0 heterocycles. The van der Waals surface area contributed by atoms with Gasteiger partial charge in [-0.05, 0) is 38.0 Å². The van der Waals surface area contributed by atoms with Gasteiger partial charge in [-0.3, -0.25) is 0 Å². The molecule has 1 rings (SSSR count). The third kappa shape index (κ3) is 2.39. The normalized spacial score (nSPS) is 13.3. The molecule has 0 bridgehead atoms. The molecule has 72 valence electrons. The second-order valence-electron chi connectivity index (χ2n) is 3.30. The number of phenols is 1. The van der Waals surface area contributed by atoms with Crippen molar-refractivity contribution >= 4 is 11.2 Å². The quantitative estimate of drug-likeness (QED) is 0.740. The Kier molecular flexibility index (Phi) is 3.22. The summed E-state index contributed by atoms with van der Waals surface area (Å²) in [7, 11) is 0. The van der Waals surface area contributed by atoms with E-state index in [-0.39, 0.29) is 11.0 Å². The summed E-state index contributed by atoms with van der Waals surface area (Å²) in [6.45, 7) is 5.70. The molecule has 1 unspecified atom stereocenters. The molecule has 0 saturated carbocycles. The maximum atomic E-state index is 11.7. The van der Waals surface area contributed by atoms with Crippen molar-refractivity contribution in [3.8, 4) is 5.75 Å². The van der Waals surface area contributed by atoms with E-state index in [2.05, 4.69) is 0 Å². The van der Waals surface area contributed by atoms with Crippen LogP contribution in [0.1, 0.15) is 19.4 Å². The zero-order valence-electron chi connectivity index (χ0n) is 8.07. The SMILES string of the molecule is Cc1ccc(O)cc1[S+]([O-])C(C)C. The van der Waals surface area contributed by atoms with Crippen molar-refractivity contribution in [2.45, 2.75) is 30.9 Å². The van der Waals surface area contributed by atoms with Crippen LogP contribution in [-0.2, 0) is 11.2 Å². The van der Waals surface area contributed by atoms with Crippen LogP contribution in [-0.4, -0.2) is 14.9 Å². The highest BCUT2D eigenvalue weighted by Gasteiger charge is 2.18. The van der Waals surface area contributed by atoms with E-state index in [0.29, 0.717) is 0 Å². The number of aryl methyl sites for hydroxylation is 1. The van der Waals surface area contributed by atoms with Gasteiger partial charge in [-0.1, -0.05) is 6.07 Å². The van der Waals surface area contributed by atoms with Crippen LogP contribution in [0.4, 0.5) is 0 Å². The summed E-state index contributed by atoms with van der Waals surface area (Å²) in [6, 6.07) is 4.97. The smallest absolute Gasteiger partial charge is 0.159 e. The molecule has 13 heavy (non-hydrogen) atoms. The van der Waals surface area contributed by atoms with Crippen LogP contribution in [0.3, 0.4) is 0 Å². The van der Waals surface area contributed by atoms with E-state index < -0.39 is 11.2 Å². The first-order valence-electron chi connectivity index (χ1n) is 4.22. The lowest BCUT2D eigenvalue weighted by molar-refractivity contribution is 0.473. The first-order valence-corrected chi connectivity index (χ1v) is 5.44. The van der Waals surface area contributed by atoms with Crippen LogP contribution < -0.4 is 0 Å². The molecular formula is C10H14O2S. The van der Waals surface area contributed by atoms with E-state index in [0.717, 1.165) is 10.5 Å². The second kappa shape index (κ2) is 4.03. The number of phenolic OH excluding ortho intramolecular Hbond substituents is 1. The van der Waals surface area contributed by atoms with E-state index in [1.54, 1.807) is 18.2 Å². The highest BCUT2D eigenvalue weighted by atomic mass is 32.2. The van der Waals surface area contributed by atoms with Crippen molar-refractivity contribution in [1.29, 1.82) is 0 Å². The summed E-state index contributed by atoms with van der Waals surface area (Å²) in [5.74, 6) is 0.176. The van der Waals surface area contributed by atoms with Crippen LogP contribution >= 0.6 is 0 Å². The lowest BCUT2D eigenvalue weighted by Gasteiger charge is -2.15. The minimum absolute atomic E-state index is 0.0838. The predicted octanol–water partition coefficient (Wildman–Crippen LogP) is 2.22. The molecule has 2 nitrogen and oxygen atoms in total. The van der Waals surface area contributed by atoms with Gasteiger partial charge in [-0.2, -0.15) is 0 Å². The van der Waals surface area contributed by atoms with E-state index in [9.17, 15) is 9.66 Å². The van der Waals surface area contributed by atoms with Crippen LogP contribution in [0.25, 0.3) is 0 Å². The maximum absolute atomic E-state index is 11.7. The molecule has 0 fully saturated rings. The molecule has 0 radical (unpaired) electrons. The topological polar surface area (TPSA) is 43.3 Å². The molecule has 0 spiro atoms. The maximum Gasteiger partial charge on any atom is 0.159 e. The highest BCUT2D eigenvalue weighted by Crippen LogP contribution is 2.23. The molecule has 0 aliphatic carbocycles. The Balaban J connectivity index is 3.05. The molecule has 0 aromatic heterocycles. The molecule has 0 aliphatic rings. The van der Waals surface area contributed by atoms with Gasteiger partial charge in [0.15, 0.2) is 4.90 Å². The van der Waals surface area contributed by atoms with E-state index in [1.165, 1.54) is 0 Å². The van der Waals surface area contributed by atoms with Crippen molar-refractivity contribution < 1.29 is 9.66 Å². The lowest BCUT2D eigenvalue weighted by Crippen LogP contribution is -2.15. The monoisotopic (exact) mass is 198 g/mol. The van der Waals surface area contributed by atoms with Gasteiger partial charge in [-0.15, -0.1) is 0 Å². The molecule has 1 N–H and O–H groups in total. The summed E-state index contributed by atoms with van der Waals surface area (Å²) < 4.78 is 11.7. The van der Waals surface area contributed by atoms with Crippen molar-refractivity contribution in [2.24, 2.45) is 0 Å². The van der Waals surface area contributed by atoms with Crippen LogP contribution in [0.15, 0.2) is 23.1 Å². The number of benzene rings is 1. The number of hydrogen-bond acceptors (Lipinski definition) is 2. The average Bonchev–Trinajstić information content (AvgIpc) is 2.08. The fourth-order valence-electron chi connectivity index (χ4n) is 1.06. The molecule has 1 aromatic rings. The Morgan fingerprint density at radius 1 is 1.38 bits per heavy atom. The van der Waals surface area contributed by atoms with Gasteiger partial charge in [0.05, 0.1) is 0 Å². The zero-order chi connectivity index (χ0) is 10.0. The van der Waals surface area contributed by atoms with Gasteiger partial charge in [0.25, 0.3) is 0 Å². The average molecular weight is 198 g/mol. The van der Waals surface area contributed by atoms with Crippen molar-refractivity contribution in [2.75, 3.05) is 0 Å². The van der Waals surface area contributed by atoms with E-state index in [4.69, 9.17) is 0 Å². The number of hydrogen-bond donors (Lipinski definition) is 1. The summed E-state index contributed by atoms with van der Waals surface area (Å²) in [4.78, 5) is 0.731. The molecule has 1 aromatic carbocycles. The summed E-state index contributed by atoms with van der Waals surface area (Å²) >= 11 is -1.02. The summed E-state index contributed by atoms with van der Waals surface area (Å²) in [5.41, 5.74) is 0.963. The number of aromatic hydroxyl groups is 1. The van der Waals surface area contributed by atoms with Gasteiger partial charge in [0.2, 0.25) is 0 Å². The Hall–Kier alpha value is -0.670. The molecule has 0 amide bonds. The Morgan fingerprint density at radius 3 is 2.54 bits per heavy atom. The van der Waals surface area contributed by atoms with Crippen molar-refractivity contribution in [1.82, 2.24) is 0 Å². The lowest BCUT2D eigenvalue weighted by atomic mass is 10.2. The Morgan fingerprint density at radius 2 is 2.00 bits per heavy atom. The van der Waals surface area contributed by atoms with Gasteiger partial charge in [-0.25, -0.2) is 0 Å². The zero-order valence-corrected chi connectivity index (χ0v) is 8.89. The van der Waals surface area contributed by atoms with Crippen molar-refractivity contribution in [3.05, 3.63) is 23.8 Å². The molecule has 1 atom stereocenters. The van der Waals surface area contributed by atoms with Gasteiger partial charge < -0.3 is 9.66 Å². The van der Waals surface area contributed by atoms with Crippen LogP contribution in [0.5, 0.6) is 5.75 Å². The van der Waals surface area contributed by atoms with E-state index >= 15 is 0 Å². The standard InChI is InChI=1S/C10H14O2S/c1-7(2)13(12)10-6-9(11)5-4-8(10)3/h4-7,11H,1-3H3. The first kappa shape index (κ1) is 10.4. The summed E-state index contributed by atoms with van der Waals surface area (Å²) in [5, 5.41) is 9.32. The largest absolute Gasteiger partial charge is 0.611 e. The third-order valence-corrected chi connectivity index (χ3v) is 3.55. The van der Waals surface area contributed by atoms with Crippen LogP contribution in [0, 0.1) is 6.92 Å². The highest BCUT2D eigenvalue weighted by molar-refractivity contribution is 7.92. The fourth-order valence-corrected chi connectivity index (χ4v) is 2.19. The minimum Gasteiger partial charge on any atom is -0.611 e.